The van der Waals surface area contributed by atoms with Crippen molar-refractivity contribution in [1.29, 1.82) is 0 Å². The van der Waals surface area contributed by atoms with Gasteiger partial charge in [-0.25, -0.2) is 4.79 Å². The highest BCUT2D eigenvalue weighted by molar-refractivity contribution is 9.10. The Hall–Kier alpha value is -1.01. The molecule has 1 saturated heterocycles. The first-order valence-corrected chi connectivity index (χ1v) is 7.52. The van der Waals surface area contributed by atoms with Gasteiger partial charge in [-0.15, -0.1) is 0 Å². The van der Waals surface area contributed by atoms with Crippen LogP contribution in [0.3, 0.4) is 0 Å². The van der Waals surface area contributed by atoms with Crippen LogP contribution < -0.4 is 5.32 Å². The second kappa shape index (κ2) is 6.24. The maximum Gasteiger partial charge on any atom is 0.324 e. The van der Waals surface area contributed by atoms with Gasteiger partial charge >= 0.3 is 6.03 Å². The lowest BCUT2D eigenvalue weighted by Crippen LogP contribution is -2.32. The summed E-state index contributed by atoms with van der Waals surface area (Å²) in [6.45, 7) is 0.610. The number of carbonyl (C=O) groups excluding carboxylic acids is 2. The van der Waals surface area contributed by atoms with E-state index in [-0.39, 0.29) is 18.5 Å². The lowest BCUT2D eigenvalue weighted by molar-refractivity contribution is -0.124. The molecule has 0 aromatic heterocycles. The third kappa shape index (κ3) is 3.49. The van der Waals surface area contributed by atoms with Crippen LogP contribution in [-0.2, 0) is 10.5 Å². The number of rotatable bonds is 5. The van der Waals surface area contributed by atoms with E-state index in [9.17, 15) is 9.59 Å². The van der Waals surface area contributed by atoms with Gasteiger partial charge in [0.15, 0.2) is 0 Å². The molecule has 0 bridgehead atoms. The van der Waals surface area contributed by atoms with Crippen LogP contribution in [0.4, 0.5) is 4.79 Å². The third-order valence-corrected chi connectivity index (χ3v) is 4.06. The highest BCUT2D eigenvalue weighted by atomic mass is 79.9. The van der Waals surface area contributed by atoms with E-state index in [2.05, 4.69) is 33.4 Å². The molecule has 1 N–H and O–H groups in total. The van der Waals surface area contributed by atoms with Crippen molar-refractivity contribution in [2.24, 2.45) is 0 Å². The molecule has 1 aliphatic rings. The quantitative estimate of drug-likeness (QED) is 0.666. The van der Waals surface area contributed by atoms with Crippen LogP contribution in [0.25, 0.3) is 0 Å². The number of carbonyl (C=O) groups is 2. The first-order chi connectivity index (χ1) is 8.66. The number of urea groups is 1. The molecule has 6 heteroatoms. The number of nitrogens with one attached hydrogen (secondary N) is 1. The fourth-order valence-electron chi connectivity index (χ4n) is 1.65. The van der Waals surface area contributed by atoms with E-state index in [1.807, 2.05) is 12.1 Å². The summed E-state index contributed by atoms with van der Waals surface area (Å²) >= 11 is 5.14. The van der Waals surface area contributed by atoms with Crippen LogP contribution in [0.2, 0.25) is 0 Å². The van der Waals surface area contributed by atoms with E-state index in [0.717, 1.165) is 16.0 Å². The normalized spacial score (nSPS) is 15.1. The van der Waals surface area contributed by atoms with Crippen molar-refractivity contribution in [3.8, 4) is 0 Å². The van der Waals surface area contributed by atoms with Gasteiger partial charge in [0.2, 0.25) is 5.91 Å². The monoisotopic (exact) mass is 328 g/mol. The molecule has 18 heavy (non-hydrogen) atoms. The molecule has 0 radical (unpaired) electrons. The Morgan fingerprint density at radius 2 is 2.22 bits per heavy atom. The molecule has 1 fully saturated rings. The Kier molecular flexibility index (Phi) is 4.66. The minimum Gasteiger partial charge on any atom is -0.329 e. The van der Waals surface area contributed by atoms with Gasteiger partial charge < -0.3 is 5.32 Å². The lowest BCUT2D eigenvalue weighted by Gasteiger charge is -2.11. The third-order valence-electron chi connectivity index (χ3n) is 2.55. The first kappa shape index (κ1) is 13.4. The van der Waals surface area contributed by atoms with Gasteiger partial charge in [-0.05, 0) is 17.7 Å². The topological polar surface area (TPSA) is 49.4 Å². The van der Waals surface area contributed by atoms with E-state index >= 15 is 0 Å². The molecule has 1 aromatic carbocycles. The fraction of sp³-hybridized carbons (Fsp3) is 0.333. The lowest BCUT2D eigenvalue weighted by atomic mass is 10.2. The number of hydrogen-bond donors (Lipinski definition) is 1. The fourth-order valence-corrected chi connectivity index (χ4v) is 2.97. The Morgan fingerprint density at radius 1 is 1.39 bits per heavy atom. The van der Waals surface area contributed by atoms with Crippen LogP contribution in [0.5, 0.6) is 0 Å². The Balaban J connectivity index is 1.73. The molecule has 0 saturated carbocycles. The summed E-state index contributed by atoms with van der Waals surface area (Å²) in [7, 11) is 0. The molecular formula is C12H13BrN2O2S. The van der Waals surface area contributed by atoms with Crippen molar-refractivity contribution in [3.63, 3.8) is 0 Å². The summed E-state index contributed by atoms with van der Waals surface area (Å²) in [6.07, 6.45) is 0. The van der Waals surface area contributed by atoms with E-state index < -0.39 is 0 Å². The molecular weight excluding hydrogens is 316 g/mol. The molecule has 2 rings (SSSR count). The smallest absolute Gasteiger partial charge is 0.324 e. The number of imide groups is 1. The van der Waals surface area contributed by atoms with Gasteiger partial charge in [0.25, 0.3) is 0 Å². The van der Waals surface area contributed by atoms with Gasteiger partial charge in [0, 0.05) is 22.5 Å². The number of benzene rings is 1. The van der Waals surface area contributed by atoms with Crippen LogP contribution in [0.1, 0.15) is 5.56 Å². The van der Waals surface area contributed by atoms with Gasteiger partial charge in [-0.1, -0.05) is 28.1 Å². The zero-order valence-corrected chi connectivity index (χ0v) is 12.1. The highest BCUT2D eigenvalue weighted by Crippen LogP contribution is 2.17. The zero-order valence-electron chi connectivity index (χ0n) is 9.69. The van der Waals surface area contributed by atoms with E-state index in [1.54, 1.807) is 11.8 Å². The van der Waals surface area contributed by atoms with Crippen molar-refractivity contribution < 1.29 is 9.59 Å². The number of thioether (sulfide) groups is 1. The molecule has 0 atom stereocenters. The highest BCUT2D eigenvalue weighted by Gasteiger charge is 2.27. The molecule has 1 aromatic rings. The second-order valence-corrected chi connectivity index (χ2v) is 5.91. The predicted molar refractivity (Wildman–Crippen MR) is 75.4 cm³/mol. The van der Waals surface area contributed by atoms with Crippen LogP contribution >= 0.6 is 27.7 Å². The number of nitrogens with zero attached hydrogens (tertiary/aromatic N) is 1. The standard InChI is InChI=1S/C12H13BrN2O2S/c13-10-3-1-2-9(6-10)8-18-5-4-15-11(16)7-14-12(15)17/h1-3,6H,4-5,7-8H2,(H,14,17). The van der Waals surface area contributed by atoms with Crippen LogP contribution in [0.15, 0.2) is 28.7 Å². The van der Waals surface area contributed by atoms with Crippen molar-refractivity contribution in [2.75, 3.05) is 18.8 Å². The molecule has 4 nitrogen and oxygen atoms in total. The molecule has 3 amide bonds. The van der Waals surface area contributed by atoms with Gasteiger partial charge in [-0.2, -0.15) is 11.8 Å². The maximum atomic E-state index is 11.3. The first-order valence-electron chi connectivity index (χ1n) is 5.57. The summed E-state index contributed by atoms with van der Waals surface area (Å²) in [6, 6.07) is 7.84. The minimum absolute atomic E-state index is 0.134. The van der Waals surface area contributed by atoms with Crippen molar-refractivity contribution in [3.05, 3.63) is 34.3 Å². The molecule has 0 aliphatic carbocycles. The van der Waals surface area contributed by atoms with E-state index in [1.165, 1.54) is 10.5 Å². The SMILES string of the molecule is O=C1CNC(=O)N1CCSCc1cccc(Br)c1. The Morgan fingerprint density at radius 3 is 2.89 bits per heavy atom. The van der Waals surface area contributed by atoms with Crippen molar-refractivity contribution in [2.45, 2.75) is 5.75 Å². The summed E-state index contributed by atoms with van der Waals surface area (Å²) < 4.78 is 1.06. The number of halogens is 1. The Bertz CT molecular complexity index is 451. The molecule has 1 heterocycles. The maximum absolute atomic E-state index is 11.3. The second-order valence-electron chi connectivity index (χ2n) is 3.89. The van der Waals surface area contributed by atoms with Crippen LogP contribution in [0, 0.1) is 0 Å². The largest absolute Gasteiger partial charge is 0.329 e. The summed E-state index contributed by atoms with van der Waals surface area (Å²) in [5.41, 5.74) is 1.23. The Labute approximate surface area is 118 Å². The van der Waals surface area contributed by atoms with E-state index in [4.69, 9.17) is 0 Å². The zero-order chi connectivity index (χ0) is 13.0. The predicted octanol–water partition coefficient (Wildman–Crippen LogP) is 2.23. The summed E-state index contributed by atoms with van der Waals surface area (Å²) in [4.78, 5) is 23.9. The summed E-state index contributed by atoms with van der Waals surface area (Å²) in [5.74, 6) is 1.50. The van der Waals surface area contributed by atoms with E-state index in [0.29, 0.717) is 6.54 Å². The van der Waals surface area contributed by atoms with Gasteiger partial charge in [0.1, 0.15) is 0 Å². The van der Waals surface area contributed by atoms with Crippen molar-refractivity contribution >= 4 is 39.6 Å². The molecule has 96 valence electrons. The van der Waals surface area contributed by atoms with Crippen LogP contribution in [-0.4, -0.2) is 35.7 Å². The average Bonchev–Trinajstić information content (AvgIpc) is 2.66. The van der Waals surface area contributed by atoms with Crippen molar-refractivity contribution in [1.82, 2.24) is 10.2 Å². The number of hydrogen-bond acceptors (Lipinski definition) is 3. The molecule has 1 aliphatic heterocycles. The average molecular weight is 329 g/mol. The minimum atomic E-state index is -0.275. The van der Waals surface area contributed by atoms with Gasteiger partial charge in [0.05, 0.1) is 6.54 Å². The molecule has 0 spiro atoms. The summed E-state index contributed by atoms with van der Waals surface area (Å²) in [5, 5.41) is 2.51. The number of amides is 3. The molecule has 0 unspecified atom stereocenters. The van der Waals surface area contributed by atoms with Gasteiger partial charge in [-0.3, -0.25) is 9.69 Å².